The molecule has 10 heteroatoms. The molecule has 0 aromatic heterocycles. The van der Waals surface area contributed by atoms with Gasteiger partial charge in [0.2, 0.25) is 5.91 Å². The molecule has 2 heterocycles. The Kier molecular flexibility index (Phi) is 5.71. The maximum Gasteiger partial charge on any atom is 0.353 e. The van der Waals surface area contributed by atoms with Gasteiger partial charge in [-0.3, -0.25) is 14.5 Å². The normalized spacial score (nSPS) is 24.0. The monoisotopic (exact) mass is 405 g/mol. The van der Waals surface area contributed by atoms with E-state index in [1.807, 2.05) is 18.2 Å². The smallest absolute Gasteiger partial charge is 0.353 e. The Hall–Kier alpha value is -2.85. The zero-order valence-electron chi connectivity index (χ0n) is 15.2. The Labute approximate surface area is 165 Å². The summed E-state index contributed by atoms with van der Waals surface area (Å²) in [4.78, 5) is 42.8. The first kappa shape index (κ1) is 19.9. The molecule has 1 saturated heterocycles. The number of aliphatic carboxylic acids is 1. The third-order valence-corrected chi connectivity index (χ3v) is 5.77. The van der Waals surface area contributed by atoms with Crippen LogP contribution in [-0.4, -0.2) is 65.1 Å². The maximum atomic E-state index is 12.9. The van der Waals surface area contributed by atoms with Gasteiger partial charge in [-0.25, -0.2) is 4.79 Å². The largest absolute Gasteiger partial charge is 0.477 e. The number of hydrogen-bond acceptors (Lipinski definition) is 7. The lowest BCUT2D eigenvalue weighted by molar-refractivity contribution is -0.192. The van der Waals surface area contributed by atoms with Crippen molar-refractivity contribution in [1.29, 1.82) is 0 Å². The summed E-state index contributed by atoms with van der Waals surface area (Å²) in [5.74, 6) is -2.04. The number of carbonyl (C=O) groups is 3. The van der Waals surface area contributed by atoms with Crippen molar-refractivity contribution in [3.63, 3.8) is 0 Å². The third-order valence-electron chi connectivity index (χ3n) is 4.43. The van der Waals surface area contributed by atoms with Crippen LogP contribution in [0.25, 0.3) is 0 Å². The lowest BCUT2D eigenvalue weighted by Gasteiger charge is -2.55. The molecular weight excluding hydrogens is 386 g/mol. The van der Waals surface area contributed by atoms with Gasteiger partial charge in [-0.1, -0.05) is 35.5 Å². The highest BCUT2D eigenvalue weighted by Crippen LogP contribution is 2.46. The van der Waals surface area contributed by atoms with Crippen molar-refractivity contribution in [3.8, 4) is 0 Å². The van der Waals surface area contributed by atoms with Gasteiger partial charge in [-0.2, -0.15) is 0 Å². The first-order chi connectivity index (χ1) is 13.4. The van der Waals surface area contributed by atoms with Gasteiger partial charge < -0.3 is 20.0 Å². The standard InChI is InChI=1S/C18H19N3O6S/c1-26-18(20-13(22)8-11-6-4-3-5-7-11)16(25)21-14(15(23)24)12(9-19-27-2)10-28-17(18)21/h3-7,9,17H,8,10H2,1-2H3,(H,20,22)(H,23,24)/t17-,18-/m0/s1. The second-order valence-corrected chi connectivity index (χ2v) is 7.15. The molecule has 9 nitrogen and oxygen atoms in total. The summed E-state index contributed by atoms with van der Waals surface area (Å²) in [6.07, 6.45) is 1.34. The van der Waals surface area contributed by atoms with Gasteiger partial charge in [-0.05, 0) is 5.56 Å². The van der Waals surface area contributed by atoms with Crippen molar-refractivity contribution in [3.05, 3.63) is 47.2 Å². The first-order valence-corrected chi connectivity index (χ1v) is 9.37. The van der Waals surface area contributed by atoms with Gasteiger partial charge >= 0.3 is 5.97 Å². The number of thioether (sulfide) groups is 1. The van der Waals surface area contributed by atoms with E-state index in [1.54, 1.807) is 12.1 Å². The summed E-state index contributed by atoms with van der Waals surface area (Å²) in [6.45, 7) is 0. The zero-order chi connectivity index (χ0) is 20.3. The van der Waals surface area contributed by atoms with Crippen LogP contribution in [-0.2, 0) is 30.4 Å². The maximum absolute atomic E-state index is 12.9. The number of rotatable bonds is 7. The van der Waals surface area contributed by atoms with Crippen molar-refractivity contribution >= 4 is 35.8 Å². The highest BCUT2D eigenvalue weighted by Gasteiger charge is 2.66. The molecule has 2 N–H and O–H groups in total. The van der Waals surface area contributed by atoms with Gasteiger partial charge in [0.05, 0.1) is 12.6 Å². The molecule has 2 aliphatic rings. The van der Waals surface area contributed by atoms with E-state index in [0.29, 0.717) is 5.57 Å². The average Bonchev–Trinajstić information content (AvgIpc) is 2.70. The number of hydrogen-bond donors (Lipinski definition) is 2. The Morgan fingerprint density at radius 3 is 2.71 bits per heavy atom. The molecule has 0 unspecified atom stereocenters. The quantitative estimate of drug-likeness (QED) is 0.295. The average molecular weight is 405 g/mol. The molecule has 2 amide bonds. The van der Waals surface area contributed by atoms with Crippen LogP contribution in [0.15, 0.2) is 46.8 Å². The molecule has 0 spiro atoms. The van der Waals surface area contributed by atoms with Crippen molar-refractivity contribution < 1.29 is 29.1 Å². The van der Waals surface area contributed by atoms with Crippen LogP contribution in [0.3, 0.4) is 0 Å². The molecule has 28 heavy (non-hydrogen) atoms. The van der Waals surface area contributed by atoms with E-state index in [-0.39, 0.29) is 17.9 Å². The number of carbonyl (C=O) groups excluding carboxylic acids is 2. The van der Waals surface area contributed by atoms with Gasteiger partial charge in [0, 0.05) is 18.4 Å². The Bertz CT molecular complexity index is 856. The van der Waals surface area contributed by atoms with Crippen molar-refractivity contribution in [2.45, 2.75) is 17.5 Å². The second kappa shape index (κ2) is 8.03. The molecule has 0 bridgehead atoms. The SMILES string of the molecule is CON=CC1=C(C(=O)O)N2C(=O)[C@](NC(=O)Cc3ccccc3)(OC)[C@@H]2SC1. The number of ether oxygens (including phenoxy) is 1. The van der Waals surface area contributed by atoms with Gasteiger partial charge in [0.25, 0.3) is 11.6 Å². The molecule has 0 saturated carbocycles. The van der Waals surface area contributed by atoms with Gasteiger partial charge in [0.1, 0.15) is 18.2 Å². The summed E-state index contributed by atoms with van der Waals surface area (Å²) in [5.41, 5.74) is -0.680. The Balaban J connectivity index is 1.83. The zero-order valence-corrected chi connectivity index (χ0v) is 16.1. The van der Waals surface area contributed by atoms with Crippen molar-refractivity contribution in [2.24, 2.45) is 5.16 Å². The number of fused-ring (bicyclic) bond motifs is 1. The van der Waals surface area contributed by atoms with Crippen LogP contribution < -0.4 is 5.32 Å². The fourth-order valence-corrected chi connectivity index (χ4v) is 4.54. The highest BCUT2D eigenvalue weighted by atomic mass is 32.2. The Morgan fingerprint density at radius 2 is 2.11 bits per heavy atom. The van der Waals surface area contributed by atoms with Crippen LogP contribution in [0, 0.1) is 0 Å². The molecular formula is C18H19N3O6S. The number of nitrogens with one attached hydrogen (secondary N) is 1. The minimum absolute atomic E-state index is 0.0734. The predicted molar refractivity (Wildman–Crippen MR) is 101 cm³/mol. The highest BCUT2D eigenvalue weighted by molar-refractivity contribution is 8.00. The molecule has 148 valence electrons. The number of β-lactam (4-membered cyclic amide) rings is 1. The van der Waals surface area contributed by atoms with E-state index in [2.05, 4.69) is 15.3 Å². The molecule has 2 atom stereocenters. The molecule has 1 fully saturated rings. The third kappa shape index (κ3) is 3.36. The predicted octanol–water partition coefficient (Wildman–Crippen LogP) is 0.574. The van der Waals surface area contributed by atoms with E-state index in [9.17, 15) is 19.5 Å². The summed E-state index contributed by atoms with van der Waals surface area (Å²) >= 11 is 1.27. The van der Waals surface area contributed by atoms with Crippen LogP contribution in [0.4, 0.5) is 0 Å². The fraction of sp³-hybridized carbons (Fsp3) is 0.333. The fourth-order valence-electron chi connectivity index (χ4n) is 3.15. The number of amides is 2. The number of benzene rings is 1. The van der Waals surface area contributed by atoms with Crippen molar-refractivity contribution in [1.82, 2.24) is 10.2 Å². The molecule has 0 radical (unpaired) electrons. The minimum Gasteiger partial charge on any atom is -0.477 e. The summed E-state index contributed by atoms with van der Waals surface area (Å²) in [6, 6.07) is 9.07. The number of methoxy groups -OCH3 is 1. The molecule has 1 aromatic carbocycles. The van der Waals surface area contributed by atoms with Crippen LogP contribution in [0.2, 0.25) is 0 Å². The number of carboxylic acids is 1. The first-order valence-electron chi connectivity index (χ1n) is 8.33. The summed E-state index contributed by atoms with van der Waals surface area (Å²) in [7, 11) is 2.65. The van der Waals surface area contributed by atoms with E-state index >= 15 is 0 Å². The lowest BCUT2D eigenvalue weighted by atomic mass is 9.97. The molecule has 1 aromatic rings. The Morgan fingerprint density at radius 1 is 1.39 bits per heavy atom. The summed E-state index contributed by atoms with van der Waals surface area (Å²) in [5, 5.41) is 15.1. The molecule has 0 aliphatic carbocycles. The second-order valence-electron chi connectivity index (χ2n) is 6.08. The van der Waals surface area contributed by atoms with Crippen molar-refractivity contribution in [2.75, 3.05) is 20.0 Å². The van der Waals surface area contributed by atoms with E-state index in [1.165, 1.54) is 32.2 Å². The van der Waals surface area contributed by atoms with Gasteiger partial charge in [0.15, 0.2) is 0 Å². The van der Waals surface area contributed by atoms with Crippen LogP contribution >= 0.6 is 11.8 Å². The molecule has 3 rings (SSSR count). The van der Waals surface area contributed by atoms with Crippen LogP contribution in [0.5, 0.6) is 0 Å². The van der Waals surface area contributed by atoms with E-state index in [4.69, 9.17) is 4.74 Å². The number of carboxylic acid groups (broad SMARTS) is 1. The minimum atomic E-state index is -1.61. The van der Waals surface area contributed by atoms with Crippen LogP contribution in [0.1, 0.15) is 5.56 Å². The van der Waals surface area contributed by atoms with E-state index < -0.39 is 28.9 Å². The number of oxime groups is 1. The van der Waals surface area contributed by atoms with Gasteiger partial charge in [-0.15, -0.1) is 11.8 Å². The molecule has 2 aliphatic heterocycles. The number of nitrogens with zero attached hydrogens (tertiary/aromatic N) is 2. The lowest BCUT2D eigenvalue weighted by Crippen LogP contribution is -2.80. The topological polar surface area (TPSA) is 118 Å². The van der Waals surface area contributed by atoms with E-state index in [0.717, 1.165) is 10.5 Å². The summed E-state index contributed by atoms with van der Waals surface area (Å²) < 4.78 is 5.39.